The van der Waals surface area contributed by atoms with Crippen molar-refractivity contribution in [3.8, 4) is 0 Å². The van der Waals surface area contributed by atoms with Gasteiger partial charge in [0.1, 0.15) is 11.5 Å². The molecule has 1 fully saturated rings. The van der Waals surface area contributed by atoms with Crippen LogP contribution in [0.25, 0.3) is 0 Å². The molecule has 0 bridgehead atoms. The summed E-state index contributed by atoms with van der Waals surface area (Å²) in [5.41, 5.74) is 6.51. The number of hydrogen-bond donors (Lipinski definition) is 4. The Morgan fingerprint density at radius 2 is 1.82 bits per heavy atom. The Morgan fingerprint density at radius 3 is 2.42 bits per heavy atom. The van der Waals surface area contributed by atoms with Gasteiger partial charge in [0.15, 0.2) is 5.69 Å². The molecule has 3 aromatic rings. The number of carbonyl (C=O) groups is 1. The Kier molecular flexibility index (Phi) is 6.48. The molecule has 0 spiro atoms. The van der Waals surface area contributed by atoms with Gasteiger partial charge in [0.25, 0.3) is 5.91 Å². The molecule has 1 atom stereocenters. The summed E-state index contributed by atoms with van der Waals surface area (Å²) in [5.74, 6) is -1.04. The minimum Gasteiger partial charge on any atom is -0.326 e. The number of anilines is 1. The third-order valence-corrected chi connectivity index (χ3v) is 5.54. The minimum atomic E-state index is -4.69. The Bertz CT molecular complexity index is 1120. The third kappa shape index (κ3) is 5.58. The van der Waals surface area contributed by atoms with E-state index in [0.29, 0.717) is 24.1 Å². The van der Waals surface area contributed by atoms with Crippen molar-refractivity contribution in [3.05, 3.63) is 82.4 Å². The highest BCUT2D eigenvalue weighted by Crippen LogP contribution is 2.32. The van der Waals surface area contributed by atoms with Gasteiger partial charge in [0.2, 0.25) is 0 Å². The highest BCUT2D eigenvalue weighted by molar-refractivity contribution is 6.03. The van der Waals surface area contributed by atoms with E-state index in [9.17, 15) is 22.4 Å². The molecule has 1 unspecified atom stereocenters. The summed E-state index contributed by atoms with van der Waals surface area (Å²) in [6, 6.07) is 12.4. The standard InChI is InChI=1S/C23H23F4N5O/c24-17-8-7-16(9-18(17)30-22(33)19-10-20(32-31-19)23(25,26)27)21(29-12-14-1-2-14)15-5-3-13(11-28)4-6-15/h3-10,14,21,29H,1-2,11-12,28H2,(H,30,33)(H,31,32). The van der Waals surface area contributed by atoms with Gasteiger partial charge in [-0.15, -0.1) is 0 Å². The van der Waals surface area contributed by atoms with E-state index in [-0.39, 0.29) is 11.7 Å². The lowest BCUT2D eigenvalue weighted by molar-refractivity contribution is -0.141. The van der Waals surface area contributed by atoms with Crippen LogP contribution in [0.1, 0.15) is 51.8 Å². The quantitative estimate of drug-likeness (QED) is 0.375. The number of aromatic nitrogens is 2. The van der Waals surface area contributed by atoms with E-state index in [1.54, 1.807) is 6.07 Å². The number of carbonyl (C=O) groups excluding carboxylic acids is 1. The van der Waals surface area contributed by atoms with E-state index in [1.807, 2.05) is 29.4 Å². The summed E-state index contributed by atoms with van der Waals surface area (Å²) in [6.45, 7) is 1.20. The number of hydrogen-bond acceptors (Lipinski definition) is 4. The molecular weight excluding hydrogens is 438 g/mol. The molecule has 1 heterocycles. The summed E-state index contributed by atoms with van der Waals surface area (Å²) in [6.07, 6.45) is -2.39. The number of nitrogens with two attached hydrogens (primary N) is 1. The van der Waals surface area contributed by atoms with E-state index < -0.39 is 29.3 Å². The minimum absolute atomic E-state index is 0.141. The first-order valence-corrected chi connectivity index (χ1v) is 10.5. The number of H-pyrrole nitrogens is 1. The van der Waals surface area contributed by atoms with Crippen LogP contribution in [-0.2, 0) is 12.7 Å². The molecule has 0 radical (unpaired) electrons. The number of benzene rings is 2. The van der Waals surface area contributed by atoms with Crippen molar-refractivity contribution in [3.63, 3.8) is 0 Å². The van der Waals surface area contributed by atoms with Crippen molar-refractivity contribution >= 4 is 11.6 Å². The Hall–Kier alpha value is -3.24. The second-order valence-electron chi connectivity index (χ2n) is 8.09. The van der Waals surface area contributed by atoms with Crippen LogP contribution in [0.3, 0.4) is 0 Å². The first kappa shape index (κ1) is 22.9. The topological polar surface area (TPSA) is 95.8 Å². The molecular formula is C23H23F4N5O. The number of nitrogens with one attached hydrogen (secondary N) is 3. The normalized spacial score (nSPS) is 14.8. The van der Waals surface area contributed by atoms with Gasteiger partial charge in [-0.2, -0.15) is 18.3 Å². The molecule has 5 N–H and O–H groups in total. The zero-order chi connectivity index (χ0) is 23.6. The van der Waals surface area contributed by atoms with E-state index in [1.165, 1.54) is 12.1 Å². The van der Waals surface area contributed by atoms with Gasteiger partial charge in [0.05, 0.1) is 11.7 Å². The predicted octanol–water partition coefficient (Wildman–Crippen LogP) is 4.37. The van der Waals surface area contributed by atoms with Crippen molar-refractivity contribution in [2.75, 3.05) is 11.9 Å². The number of rotatable bonds is 8. The smallest absolute Gasteiger partial charge is 0.326 e. The Morgan fingerprint density at radius 1 is 1.12 bits per heavy atom. The molecule has 1 aliphatic carbocycles. The molecule has 33 heavy (non-hydrogen) atoms. The number of amides is 1. The van der Waals surface area contributed by atoms with Crippen LogP contribution in [0.5, 0.6) is 0 Å². The fraction of sp³-hybridized carbons (Fsp3) is 0.304. The number of halogens is 4. The maximum Gasteiger partial charge on any atom is 0.435 e. The van der Waals surface area contributed by atoms with Crippen molar-refractivity contribution in [2.45, 2.75) is 31.6 Å². The lowest BCUT2D eigenvalue weighted by Crippen LogP contribution is -2.25. The van der Waals surface area contributed by atoms with Crippen LogP contribution < -0.4 is 16.4 Å². The molecule has 1 amide bonds. The number of nitrogens with zero attached hydrogens (tertiary/aromatic N) is 1. The maximum absolute atomic E-state index is 14.5. The van der Waals surface area contributed by atoms with Gasteiger partial charge >= 0.3 is 6.18 Å². The molecule has 0 saturated heterocycles. The lowest BCUT2D eigenvalue weighted by Gasteiger charge is -2.21. The lowest BCUT2D eigenvalue weighted by atomic mass is 9.96. The van der Waals surface area contributed by atoms with E-state index in [4.69, 9.17) is 5.73 Å². The highest BCUT2D eigenvalue weighted by Gasteiger charge is 2.34. The third-order valence-electron chi connectivity index (χ3n) is 5.54. The van der Waals surface area contributed by atoms with Gasteiger partial charge in [-0.1, -0.05) is 30.3 Å². The summed E-state index contributed by atoms with van der Waals surface area (Å²) in [5, 5.41) is 11.0. The largest absolute Gasteiger partial charge is 0.435 e. The highest BCUT2D eigenvalue weighted by atomic mass is 19.4. The van der Waals surface area contributed by atoms with Crippen molar-refractivity contribution in [1.82, 2.24) is 15.5 Å². The second-order valence-corrected chi connectivity index (χ2v) is 8.09. The van der Waals surface area contributed by atoms with Crippen LogP contribution >= 0.6 is 0 Å². The molecule has 1 saturated carbocycles. The van der Waals surface area contributed by atoms with Crippen LogP contribution in [-0.4, -0.2) is 22.6 Å². The molecule has 4 rings (SSSR count). The van der Waals surface area contributed by atoms with E-state index in [0.717, 1.165) is 30.5 Å². The molecule has 2 aromatic carbocycles. The Balaban J connectivity index is 1.58. The molecule has 174 valence electrons. The van der Waals surface area contributed by atoms with Crippen LogP contribution in [0.15, 0.2) is 48.5 Å². The molecule has 1 aliphatic rings. The predicted molar refractivity (Wildman–Crippen MR) is 115 cm³/mol. The van der Waals surface area contributed by atoms with Gasteiger partial charge in [0, 0.05) is 12.6 Å². The average Bonchev–Trinajstić information content (AvgIpc) is 3.47. The monoisotopic (exact) mass is 461 g/mol. The van der Waals surface area contributed by atoms with Gasteiger partial charge in [-0.05, 0) is 54.1 Å². The van der Waals surface area contributed by atoms with Gasteiger partial charge in [-0.3, -0.25) is 9.89 Å². The summed E-state index contributed by atoms with van der Waals surface area (Å²) in [7, 11) is 0. The Labute approximate surface area is 187 Å². The maximum atomic E-state index is 14.5. The van der Waals surface area contributed by atoms with Crippen molar-refractivity contribution < 1.29 is 22.4 Å². The van der Waals surface area contributed by atoms with Gasteiger partial charge < -0.3 is 16.4 Å². The van der Waals surface area contributed by atoms with Crippen molar-refractivity contribution in [2.24, 2.45) is 11.7 Å². The van der Waals surface area contributed by atoms with Crippen LogP contribution in [0.2, 0.25) is 0 Å². The molecule has 6 nitrogen and oxygen atoms in total. The van der Waals surface area contributed by atoms with Crippen LogP contribution in [0, 0.1) is 11.7 Å². The fourth-order valence-corrected chi connectivity index (χ4v) is 3.47. The summed E-state index contributed by atoms with van der Waals surface area (Å²) < 4.78 is 52.7. The first-order chi connectivity index (χ1) is 15.7. The first-order valence-electron chi connectivity index (χ1n) is 10.5. The SMILES string of the molecule is NCc1ccc(C(NCC2CC2)c2ccc(F)c(NC(=O)c3cc(C(F)(F)F)n[nH]3)c2)cc1. The molecule has 0 aliphatic heterocycles. The van der Waals surface area contributed by atoms with Crippen LogP contribution in [0.4, 0.5) is 23.2 Å². The fourth-order valence-electron chi connectivity index (χ4n) is 3.47. The molecule has 1 aromatic heterocycles. The average molecular weight is 461 g/mol. The number of aromatic amines is 1. The second kappa shape index (κ2) is 9.32. The zero-order valence-electron chi connectivity index (χ0n) is 17.5. The zero-order valence-corrected chi connectivity index (χ0v) is 17.5. The summed E-state index contributed by atoms with van der Waals surface area (Å²) in [4.78, 5) is 12.4. The van der Waals surface area contributed by atoms with Crippen molar-refractivity contribution in [1.29, 1.82) is 0 Å². The van der Waals surface area contributed by atoms with E-state index in [2.05, 4.69) is 15.7 Å². The van der Waals surface area contributed by atoms with Gasteiger partial charge in [-0.25, -0.2) is 4.39 Å². The number of alkyl halides is 3. The van der Waals surface area contributed by atoms with E-state index >= 15 is 0 Å². The molecule has 10 heteroatoms. The summed E-state index contributed by atoms with van der Waals surface area (Å²) >= 11 is 0.